The van der Waals surface area contributed by atoms with E-state index < -0.39 is 0 Å². The van der Waals surface area contributed by atoms with Crippen molar-refractivity contribution in [2.75, 3.05) is 7.05 Å². The molecule has 6 nitrogen and oxygen atoms in total. The molecule has 7 heteroatoms. The molecule has 1 aromatic carbocycles. The lowest BCUT2D eigenvalue weighted by atomic mass is 10.2. The second kappa shape index (κ2) is 7.65. The molecule has 128 valence electrons. The minimum absolute atomic E-state index is 0.0783. The lowest BCUT2D eigenvalue weighted by Gasteiger charge is -2.16. The standard InChI is InChI=1S/C18H17FN4O2/c1-23(12-13-4-2-6-15(19)10-13)17(24)8-7-16-21-18(22-25-16)14-5-3-9-20-11-14/h2-6,9-11H,7-8,12H2,1H3. The second-order valence-corrected chi connectivity index (χ2v) is 5.63. The van der Waals surface area contributed by atoms with Crippen LogP contribution < -0.4 is 0 Å². The summed E-state index contributed by atoms with van der Waals surface area (Å²) >= 11 is 0. The first-order chi connectivity index (χ1) is 12.1. The number of rotatable bonds is 6. The third-order valence-corrected chi connectivity index (χ3v) is 3.68. The Hall–Kier alpha value is -3.09. The number of carbonyl (C=O) groups excluding carboxylic acids is 1. The van der Waals surface area contributed by atoms with Gasteiger partial charge in [0.25, 0.3) is 0 Å². The van der Waals surface area contributed by atoms with Crippen molar-refractivity contribution in [1.29, 1.82) is 0 Å². The molecule has 3 rings (SSSR count). The Labute approximate surface area is 144 Å². The van der Waals surface area contributed by atoms with Gasteiger partial charge in [0, 0.05) is 44.4 Å². The highest BCUT2D eigenvalue weighted by molar-refractivity contribution is 5.76. The lowest BCUT2D eigenvalue weighted by molar-refractivity contribution is -0.130. The molecule has 0 aliphatic carbocycles. The van der Waals surface area contributed by atoms with Crippen molar-refractivity contribution in [3.05, 3.63) is 66.1 Å². The highest BCUT2D eigenvalue weighted by Crippen LogP contribution is 2.15. The molecule has 0 bridgehead atoms. The van der Waals surface area contributed by atoms with Crippen LogP contribution in [0.4, 0.5) is 4.39 Å². The Morgan fingerprint density at radius 1 is 1.28 bits per heavy atom. The summed E-state index contributed by atoms with van der Waals surface area (Å²) in [7, 11) is 1.68. The quantitative estimate of drug-likeness (QED) is 0.690. The van der Waals surface area contributed by atoms with Gasteiger partial charge in [-0.1, -0.05) is 17.3 Å². The molecule has 1 amide bonds. The van der Waals surface area contributed by atoms with Crippen LogP contribution in [0.1, 0.15) is 17.9 Å². The molecule has 0 saturated heterocycles. The molecule has 0 atom stereocenters. The number of halogens is 1. The van der Waals surface area contributed by atoms with Gasteiger partial charge in [-0.05, 0) is 29.8 Å². The van der Waals surface area contributed by atoms with Gasteiger partial charge in [0.15, 0.2) is 0 Å². The van der Waals surface area contributed by atoms with E-state index in [4.69, 9.17) is 4.52 Å². The number of hydrogen-bond acceptors (Lipinski definition) is 5. The normalized spacial score (nSPS) is 10.6. The van der Waals surface area contributed by atoms with E-state index in [1.165, 1.54) is 12.1 Å². The summed E-state index contributed by atoms with van der Waals surface area (Å²) in [6.45, 7) is 0.349. The van der Waals surface area contributed by atoms with Gasteiger partial charge in [0.1, 0.15) is 5.82 Å². The van der Waals surface area contributed by atoms with E-state index in [-0.39, 0.29) is 18.1 Å². The highest BCUT2D eigenvalue weighted by atomic mass is 19.1. The SMILES string of the molecule is CN(Cc1cccc(F)c1)C(=O)CCc1nc(-c2cccnc2)no1. The number of aromatic nitrogens is 3. The van der Waals surface area contributed by atoms with Crippen molar-refractivity contribution in [2.24, 2.45) is 0 Å². The fraction of sp³-hybridized carbons (Fsp3) is 0.222. The maximum atomic E-state index is 13.2. The number of amides is 1. The maximum absolute atomic E-state index is 13.2. The fourth-order valence-electron chi connectivity index (χ4n) is 2.37. The van der Waals surface area contributed by atoms with E-state index in [1.807, 2.05) is 6.07 Å². The molecule has 0 radical (unpaired) electrons. The first-order valence-corrected chi connectivity index (χ1v) is 7.83. The van der Waals surface area contributed by atoms with Gasteiger partial charge in [-0.25, -0.2) is 4.39 Å². The first kappa shape index (κ1) is 16.8. The van der Waals surface area contributed by atoms with Crippen LogP contribution >= 0.6 is 0 Å². The summed E-state index contributed by atoms with van der Waals surface area (Å²) in [6, 6.07) is 9.82. The second-order valence-electron chi connectivity index (χ2n) is 5.63. The average molecular weight is 340 g/mol. The number of aryl methyl sites for hydroxylation is 1. The van der Waals surface area contributed by atoms with E-state index >= 15 is 0 Å². The predicted molar refractivity (Wildman–Crippen MR) is 88.7 cm³/mol. The third-order valence-electron chi connectivity index (χ3n) is 3.68. The summed E-state index contributed by atoms with van der Waals surface area (Å²) in [6.07, 6.45) is 3.89. The number of hydrogen-bond donors (Lipinski definition) is 0. The highest BCUT2D eigenvalue weighted by Gasteiger charge is 2.14. The molecule has 3 aromatic rings. The van der Waals surface area contributed by atoms with Crippen LogP contribution in [0.3, 0.4) is 0 Å². The molecular weight excluding hydrogens is 323 g/mol. The smallest absolute Gasteiger partial charge is 0.227 e. The molecule has 2 heterocycles. The number of nitrogens with zero attached hydrogens (tertiary/aromatic N) is 4. The predicted octanol–water partition coefficient (Wildman–Crippen LogP) is 2.86. The van der Waals surface area contributed by atoms with Crippen LogP contribution in [-0.4, -0.2) is 33.0 Å². The summed E-state index contributed by atoms with van der Waals surface area (Å²) in [4.78, 5) is 22.0. The average Bonchev–Trinajstić information content (AvgIpc) is 3.09. The monoisotopic (exact) mass is 340 g/mol. The maximum Gasteiger partial charge on any atom is 0.227 e. The van der Waals surface area contributed by atoms with Gasteiger partial charge in [-0.3, -0.25) is 9.78 Å². The molecule has 0 unspecified atom stereocenters. The number of pyridine rings is 1. The van der Waals surface area contributed by atoms with Gasteiger partial charge in [0.05, 0.1) is 0 Å². The Morgan fingerprint density at radius 3 is 2.92 bits per heavy atom. The zero-order chi connectivity index (χ0) is 17.6. The minimum Gasteiger partial charge on any atom is -0.341 e. The van der Waals surface area contributed by atoms with Crippen LogP contribution in [0.15, 0.2) is 53.3 Å². The van der Waals surface area contributed by atoms with E-state index in [2.05, 4.69) is 15.1 Å². The van der Waals surface area contributed by atoms with Gasteiger partial charge >= 0.3 is 0 Å². The molecule has 0 N–H and O–H groups in total. The Balaban J connectivity index is 1.54. The zero-order valence-electron chi connectivity index (χ0n) is 13.7. The van der Waals surface area contributed by atoms with Crippen molar-refractivity contribution in [2.45, 2.75) is 19.4 Å². The number of carbonyl (C=O) groups is 1. The lowest BCUT2D eigenvalue weighted by Crippen LogP contribution is -2.26. The van der Waals surface area contributed by atoms with E-state index in [1.54, 1.807) is 42.5 Å². The third kappa shape index (κ3) is 4.47. The van der Waals surface area contributed by atoms with Gasteiger partial charge in [-0.15, -0.1) is 0 Å². The minimum atomic E-state index is -0.313. The van der Waals surface area contributed by atoms with Gasteiger partial charge in [0.2, 0.25) is 17.6 Å². The molecule has 0 aliphatic heterocycles. The van der Waals surface area contributed by atoms with Crippen LogP contribution in [0.5, 0.6) is 0 Å². The van der Waals surface area contributed by atoms with Crippen molar-refractivity contribution < 1.29 is 13.7 Å². The van der Waals surface area contributed by atoms with Gasteiger partial charge < -0.3 is 9.42 Å². The summed E-state index contributed by atoms with van der Waals surface area (Å²) in [5.41, 5.74) is 1.50. The molecule has 25 heavy (non-hydrogen) atoms. The van der Waals surface area contributed by atoms with Crippen molar-refractivity contribution in [3.63, 3.8) is 0 Å². The summed E-state index contributed by atoms with van der Waals surface area (Å²) in [5, 5.41) is 3.89. The topological polar surface area (TPSA) is 72.1 Å². The van der Waals surface area contributed by atoms with Crippen molar-refractivity contribution >= 4 is 5.91 Å². The van der Waals surface area contributed by atoms with Crippen LogP contribution in [0.2, 0.25) is 0 Å². The molecular formula is C18H17FN4O2. The van der Waals surface area contributed by atoms with Gasteiger partial charge in [-0.2, -0.15) is 4.98 Å². The van der Waals surface area contributed by atoms with Crippen LogP contribution in [-0.2, 0) is 17.8 Å². The number of benzene rings is 1. The Kier molecular flexibility index (Phi) is 5.13. The summed E-state index contributed by atoms with van der Waals surface area (Å²) < 4.78 is 18.4. The van der Waals surface area contributed by atoms with Crippen molar-refractivity contribution in [3.8, 4) is 11.4 Å². The fourth-order valence-corrected chi connectivity index (χ4v) is 2.37. The zero-order valence-corrected chi connectivity index (χ0v) is 13.7. The van der Waals surface area contributed by atoms with E-state index in [0.717, 1.165) is 11.1 Å². The Morgan fingerprint density at radius 2 is 2.16 bits per heavy atom. The van der Waals surface area contributed by atoms with Crippen LogP contribution in [0.25, 0.3) is 11.4 Å². The molecule has 0 aliphatic rings. The largest absolute Gasteiger partial charge is 0.341 e. The van der Waals surface area contributed by atoms with E-state index in [0.29, 0.717) is 24.7 Å². The summed E-state index contributed by atoms with van der Waals surface area (Å²) in [5.74, 6) is 0.451. The molecule has 0 spiro atoms. The Bertz CT molecular complexity index is 851. The first-order valence-electron chi connectivity index (χ1n) is 7.83. The van der Waals surface area contributed by atoms with Crippen LogP contribution in [0, 0.1) is 5.82 Å². The molecule has 0 fully saturated rings. The molecule has 0 saturated carbocycles. The van der Waals surface area contributed by atoms with E-state index in [9.17, 15) is 9.18 Å². The molecule has 2 aromatic heterocycles. The van der Waals surface area contributed by atoms with Crippen molar-refractivity contribution in [1.82, 2.24) is 20.0 Å².